The first kappa shape index (κ1) is 12.3. The summed E-state index contributed by atoms with van der Waals surface area (Å²) in [6.07, 6.45) is 1.21. The highest BCUT2D eigenvalue weighted by Gasteiger charge is 2.11. The van der Waals surface area contributed by atoms with Crippen LogP contribution >= 0.6 is 0 Å². The van der Waals surface area contributed by atoms with E-state index in [2.05, 4.69) is 4.90 Å². The summed E-state index contributed by atoms with van der Waals surface area (Å²) in [6, 6.07) is 9.94. The number of hydrogen-bond donors (Lipinski definition) is 0. The molecule has 0 unspecified atom stereocenters. The number of ether oxygens (including phenoxy) is 1. The van der Waals surface area contributed by atoms with Crippen molar-refractivity contribution in [3.8, 4) is 0 Å². The van der Waals surface area contributed by atoms with Crippen molar-refractivity contribution >= 4 is 5.78 Å². The second-order valence-electron chi connectivity index (χ2n) is 4.41. The first-order valence-corrected chi connectivity index (χ1v) is 6.20. The van der Waals surface area contributed by atoms with Crippen molar-refractivity contribution in [2.75, 3.05) is 32.8 Å². The van der Waals surface area contributed by atoms with Gasteiger partial charge in [0.15, 0.2) is 0 Å². The summed E-state index contributed by atoms with van der Waals surface area (Å²) in [4.78, 5) is 14.1. The number of morpholine rings is 1. The summed E-state index contributed by atoms with van der Waals surface area (Å²) >= 11 is 0. The third-order valence-corrected chi connectivity index (χ3v) is 3.05. The Kier molecular flexibility index (Phi) is 4.71. The van der Waals surface area contributed by atoms with Gasteiger partial charge in [-0.2, -0.15) is 0 Å². The van der Waals surface area contributed by atoms with Gasteiger partial charge in [-0.25, -0.2) is 0 Å². The molecule has 1 aliphatic rings. The Morgan fingerprint density at radius 1 is 1.18 bits per heavy atom. The maximum Gasteiger partial charge on any atom is 0.138 e. The van der Waals surface area contributed by atoms with Crippen LogP contribution in [-0.2, 0) is 16.0 Å². The quantitative estimate of drug-likeness (QED) is 0.772. The second kappa shape index (κ2) is 6.52. The molecule has 0 aromatic heterocycles. The monoisotopic (exact) mass is 233 g/mol. The van der Waals surface area contributed by atoms with E-state index < -0.39 is 0 Å². The predicted octanol–water partition coefficient (Wildman–Crippen LogP) is 1.52. The third-order valence-electron chi connectivity index (χ3n) is 3.05. The van der Waals surface area contributed by atoms with Gasteiger partial charge < -0.3 is 4.74 Å². The minimum atomic E-state index is 0.322. The number of nitrogens with zero attached hydrogens (tertiary/aromatic N) is 1. The first-order chi connectivity index (χ1) is 8.34. The van der Waals surface area contributed by atoms with Crippen molar-refractivity contribution in [2.45, 2.75) is 12.8 Å². The van der Waals surface area contributed by atoms with E-state index in [1.807, 2.05) is 30.3 Å². The fraction of sp³-hybridized carbons (Fsp3) is 0.500. The number of rotatable bonds is 5. The van der Waals surface area contributed by atoms with Crippen molar-refractivity contribution < 1.29 is 9.53 Å². The average molecular weight is 233 g/mol. The van der Waals surface area contributed by atoms with E-state index >= 15 is 0 Å². The van der Waals surface area contributed by atoms with Crippen LogP contribution in [0, 0.1) is 0 Å². The van der Waals surface area contributed by atoms with Gasteiger partial charge in [0.1, 0.15) is 5.78 Å². The molecule has 0 saturated carbocycles. The molecule has 0 bridgehead atoms. The van der Waals surface area contributed by atoms with Gasteiger partial charge in [-0.1, -0.05) is 30.3 Å². The van der Waals surface area contributed by atoms with Crippen LogP contribution in [0.1, 0.15) is 12.0 Å². The van der Waals surface area contributed by atoms with Gasteiger partial charge in [0.2, 0.25) is 0 Å². The molecule has 92 valence electrons. The maximum absolute atomic E-state index is 11.8. The molecule has 0 amide bonds. The zero-order valence-electron chi connectivity index (χ0n) is 10.1. The Morgan fingerprint density at radius 2 is 1.88 bits per heavy atom. The summed E-state index contributed by atoms with van der Waals surface area (Å²) in [6.45, 7) is 4.38. The predicted molar refractivity (Wildman–Crippen MR) is 67.0 cm³/mol. The Morgan fingerprint density at radius 3 is 2.59 bits per heavy atom. The minimum absolute atomic E-state index is 0.322. The van der Waals surface area contributed by atoms with E-state index in [1.54, 1.807) is 0 Å². The molecule has 3 nitrogen and oxygen atoms in total. The molecule has 17 heavy (non-hydrogen) atoms. The molecule has 1 saturated heterocycles. The average Bonchev–Trinajstić information content (AvgIpc) is 2.39. The SMILES string of the molecule is O=C(CCN1CCOCC1)Cc1ccccc1. The smallest absolute Gasteiger partial charge is 0.138 e. The summed E-state index contributed by atoms with van der Waals surface area (Å²) in [5.74, 6) is 0.322. The lowest BCUT2D eigenvalue weighted by Gasteiger charge is -2.26. The zero-order chi connectivity index (χ0) is 11.9. The summed E-state index contributed by atoms with van der Waals surface area (Å²) in [5, 5.41) is 0. The van der Waals surface area contributed by atoms with Gasteiger partial charge >= 0.3 is 0 Å². The lowest BCUT2D eigenvalue weighted by Crippen LogP contribution is -2.37. The van der Waals surface area contributed by atoms with Crippen molar-refractivity contribution in [1.29, 1.82) is 0 Å². The minimum Gasteiger partial charge on any atom is -0.379 e. The number of ketones is 1. The Balaban J connectivity index is 1.70. The number of hydrogen-bond acceptors (Lipinski definition) is 3. The molecule has 2 rings (SSSR count). The maximum atomic E-state index is 11.8. The molecule has 0 spiro atoms. The highest BCUT2D eigenvalue weighted by Crippen LogP contribution is 2.04. The molecule has 0 atom stereocenters. The van der Waals surface area contributed by atoms with Crippen LogP contribution in [0.2, 0.25) is 0 Å². The molecule has 3 heteroatoms. The van der Waals surface area contributed by atoms with E-state index in [0.717, 1.165) is 38.4 Å². The molecule has 0 radical (unpaired) electrons. The number of Topliss-reactive ketones (excluding diaryl/α,β-unsaturated/α-hetero) is 1. The van der Waals surface area contributed by atoms with Gasteiger partial charge in [-0.05, 0) is 5.56 Å². The van der Waals surface area contributed by atoms with Gasteiger partial charge in [0.05, 0.1) is 13.2 Å². The van der Waals surface area contributed by atoms with E-state index in [-0.39, 0.29) is 0 Å². The first-order valence-electron chi connectivity index (χ1n) is 6.20. The fourth-order valence-corrected chi connectivity index (χ4v) is 2.02. The van der Waals surface area contributed by atoms with Crippen LogP contribution in [0.4, 0.5) is 0 Å². The van der Waals surface area contributed by atoms with E-state index in [9.17, 15) is 4.79 Å². The second-order valence-corrected chi connectivity index (χ2v) is 4.41. The van der Waals surface area contributed by atoms with Crippen LogP contribution in [0.15, 0.2) is 30.3 Å². The Bertz CT molecular complexity index is 344. The van der Waals surface area contributed by atoms with Crippen molar-refractivity contribution in [3.63, 3.8) is 0 Å². The van der Waals surface area contributed by atoms with E-state index in [0.29, 0.717) is 18.6 Å². The molecular weight excluding hydrogens is 214 g/mol. The lowest BCUT2D eigenvalue weighted by molar-refractivity contribution is -0.119. The molecule has 1 fully saturated rings. The van der Waals surface area contributed by atoms with Gasteiger partial charge in [0.25, 0.3) is 0 Å². The standard InChI is InChI=1S/C14H19NO2/c16-14(12-13-4-2-1-3-5-13)6-7-15-8-10-17-11-9-15/h1-5H,6-12H2. The molecule has 1 aromatic carbocycles. The van der Waals surface area contributed by atoms with E-state index in [1.165, 1.54) is 0 Å². The van der Waals surface area contributed by atoms with Crippen molar-refractivity contribution in [1.82, 2.24) is 4.90 Å². The van der Waals surface area contributed by atoms with Gasteiger partial charge in [-0.3, -0.25) is 9.69 Å². The summed E-state index contributed by atoms with van der Waals surface area (Å²) < 4.78 is 5.28. The highest BCUT2D eigenvalue weighted by molar-refractivity contribution is 5.80. The van der Waals surface area contributed by atoms with Gasteiger partial charge in [-0.15, -0.1) is 0 Å². The topological polar surface area (TPSA) is 29.5 Å². The summed E-state index contributed by atoms with van der Waals surface area (Å²) in [5.41, 5.74) is 1.11. The lowest BCUT2D eigenvalue weighted by atomic mass is 10.1. The van der Waals surface area contributed by atoms with Crippen LogP contribution < -0.4 is 0 Å². The Hall–Kier alpha value is -1.19. The van der Waals surface area contributed by atoms with E-state index in [4.69, 9.17) is 4.74 Å². The highest BCUT2D eigenvalue weighted by atomic mass is 16.5. The third kappa shape index (κ3) is 4.29. The van der Waals surface area contributed by atoms with Crippen molar-refractivity contribution in [3.05, 3.63) is 35.9 Å². The van der Waals surface area contributed by atoms with Crippen LogP contribution in [0.25, 0.3) is 0 Å². The van der Waals surface area contributed by atoms with Crippen LogP contribution in [-0.4, -0.2) is 43.5 Å². The largest absolute Gasteiger partial charge is 0.379 e. The number of carbonyl (C=O) groups is 1. The molecule has 0 N–H and O–H groups in total. The van der Waals surface area contributed by atoms with Crippen molar-refractivity contribution in [2.24, 2.45) is 0 Å². The normalized spacial score (nSPS) is 16.9. The molecule has 0 aliphatic carbocycles. The number of benzene rings is 1. The molecule has 1 heterocycles. The van der Waals surface area contributed by atoms with Crippen LogP contribution in [0.5, 0.6) is 0 Å². The fourth-order valence-electron chi connectivity index (χ4n) is 2.02. The molecule has 1 aromatic rings. The van der Waals surface area contributed by atoms with Crippen LogP contribution in [0.3, 0.4) is 0 Å². The number of carbonyl (C=O) groups excluding carboxylic acids is 1. The zero-order valence-corrected chi connectivity index (χ0v) is 10.1. The molecular formula is C14H19NO2. The summed E-state index contributed by atoms with van der Waals surface area (Å²) in [7, 11) is 0. The van der Waals surface area contributed by atoms with Gasteiger partial charge in [0, 0.05) is 32.5 Å². The Labute approximate surface area is 102 Å². The molecule has 1 aliphatic heterocycles.